The van der Waals surface area contributed by atoms with Crippen LogP contribution < -0.4 is 10.1 Å². The fourth-order valence-electron chi connectivity index (χ4n) is 2.94. The molecular formula is C23H30N2O3. The van der Waals surface area contributed by atoms with Gasteiger partial charge in [0.05, 0.1) is 0 Å². The number of hydrogen-bond donors (Lipinski definition) is 1. The molecule has 0 heterocycles. The van der Waals surface area contributed by atoms with Crippen LogP contribution in [-0.4, -0.2) is 36.4 Å². The lowest BCUT2D eigenvalue weighted by Gasteiger charge is -2.28. The van der Waals surface area contributed by atoms with Gasteiger partial charge in [-0.3, -0.25) is 9.59 Å². The maximum absolute atomic E-state index is 12.9. The average molecular weight is 383 g/mol. The van der Waals surface area contributed by atoms with Crippen molar-refractivity contribution in [2.45, 2.75) is 46.2 Å². The van der Waals surface area contributed by atoms with E-state index >= 15 is 0 Å². The Morgan fingerprint density at radius 1 is 1.04 bits per heavy atom. The molecule has 2 aromatic carbocycles. The van der Waals surface area contributed by atoms with Crippen LogP contribution in [0, 0.1) is 6.92 Å². The highest BCUT2D eigenvalue weighted by atomic mass is 16.5. The molecule has 0 aliphatic rings. The second kappa shape index (κ2) is 9.93. The van der Waals surface area contributed by atoms with Gasteiger partial charge in [-0.1, -0.05) is 50.2 Å². The summed E-state index contributed by atoms with van der Waals surface area (Å²) in [4.78, 5) is 26.6. The van der Waals surface area contributed by atoms with Gasteiger partial charge in [0.2, 0.25) is 5.91 Å². The van der Waals surface area contributed by atoms with Crippen molar-refractivity contribution in [2.24, 2.45) is 0 Å². The molecule has 2 aromatic rings. The molecule has 0 fully saturated rings. The first-order chi connectivity index (χ1) is 13.3. The number of rotatable bonds is 8. The number of hydrogen-bond acceptors (Lipinski definition) is 3. The molecule has 0 aliphatic carbocycles. The molecule has 1 N–H and O–H groups in total. The van der Waals surface area contributed by atoms with Crippen LogP contribution in [-0.2, 0) is 16.1 Å². The standard InChI is InChI=1S/C23H30N2O3/c1-16(2)19-10-12-21(13-11-19)28-15-22(26)25(18(4)23(27)24-5)14-20-9-7-6-8-17(20)3/h6-13,16,18H,14-15H2,1-5H3,(H,24,27). The van der Waals surface area contributed by atoms with Gasteiger partial charge in [-0.05, 0) is 48.6 Å². The summed E-state index contributed by atoms with van der Waals surface area (Å²) >= 11 is 0. The maximum Gasteiger partial charge on any atom is 0.261 e. The first-order valence-electron chi connectivity index (χ1n) is 9.61. The van der Waals surface area contributed by atoms with Gasteiger partial charge in [-0.25, -0.2) is 0 Å². The summed E-state index contributed by atoms with van der Waals surface area (Å²) in [6, 6.07) is 15.0. The second-order valence-corrected chi connectivity index (χ2v) is 7.25. The van der Waals surface area contributed by atoms with Crippen LogP contribution in [0.2, 0.25) is 0 Å². The Kier molecular flexibility index (Phi) is 7.61. The number of carbonyl (C=O) groups excluding carboxylic acids is 2. The molecule has 0 radical (unpaired) electrons. The Hall–Kier alpha value is -2.82. The minimum atomic E-state index is -0.593. The molecular weight excluding hydrogens is 352 g/mol. The average Bonchev–Trinajstić information content (AvgIpc) is 2.70. The smallest absolute Gasteiger partial charge is 0.261 e. The van der Waals surface area contributed by atoms with Gasteiger partial charge < -0.3 is 15.0 Å². The van der Waals surface area contributed by atoms with Gasteiger partial charge in [-0.15, -0.1) is 0 Å². The lowest BCUT2D eigenvalue weighted by molar-refractivity contribution is -0.142. The van der Waals surface area contributed by atoms with Gasteiger partial charge in [-0.2, -0.15) is 0 Å². The van der Waals surface area contributed by atoms with Crippen molar-refractivity contribution in [1.82, 2.24) is 10.2 Å². The molecule has 150 valence electrons. The van der Waals surface area contributed by atoms with Gasteiger partial charge in [0.1, 0.15) is 11.8 Å². The van der Waals surface area contributed by atoms with Gasteiger partial charge >= 0.3 is 0 Å². The van der Waals surface area contributed by atoms with E-state index < -0.39 is 6.04 Å². The van der Waals surface area contributed by atoms with E-state index in [0.29, 0.717) is 18.2 Å². The quantitative estimate of drug-likeness (QED) is 0.758. The van der Waals surface area contributed by atoms with Crippen LogP contribution in [0.1, 0.15) is 43.4 Å². The fourth-order valence-corrected chi connectivity index (χ4v) is 2.94. The maximum atomic E-state index is 12.9. The van der Waals surface area contributed by atoms with Crippen LogP contribution in [0.15, 0.2) is 48.5 Å². The summed E-state index contributed by atoms with van der Waals surface area (Å²) < 4.78 is 5.69. The predicted molar refractivity (Wildman–Crippen MR) is 111 cm³/mol. The summed E-state index contributed by atoms with van der Waals surface area (Å²) in [5.41, 5.74) is 3.30. The number of aryl methyl sites for hydroxylation is 1. The van der Waals surface area contributed by atoms with Crippen molar-refractivity contribution < 1.29 is 14.3 Å². The Bertz CT molecular complexity index is 800. The van der Waals surface area contributed by atoms with Gasteiger partial charge in [0.15, 0.2) is 6.61 Å². The highest BCUT2D eigenvalue weighted by Gasteiger charge is 2.26. The van der Waals surface area contributed by atoms with Gasteiger partial charge in [0, 0.05) is 13.6 Å². The van der Waals surface area contributed by atoms with Crippen molar-refractivity contribution in [3.05, 3.63) is 65.2 Å². The lowest BCUT2D eigenvalue weighted by atomic mass is 10.0. The van der Waals surface area contributed by atoms with Crippen molar-refractivity contribution in [3.8, 4) is 5.75 Å². The molecule has 1 unspecified atom stereocenters. The highest BCUT2D eigenvalue weighted by molar-refractivity contribution is 5.87. The topological polar surface area (TPSA) is 58.6 Å². The number of amides is 2. The van der Waals surface area contributed by atoms with Crippen molar-refractivity contribution in [1.29, 1.82) is 0 Å². The highest BCUT2D eigenvalue weighted by Crippen LogP contribution is 2.19. The Balaban J connectivity index is 2.11. The minimum absolute atomic E-state index is 0.117. The van der Waals surface area contributed by atoms with Crippen molar-refractivity contribution >= 4 is 11.8 Å². The molecule has 2 amide bonds. The Morgan fingerprint density at radius 2 is 1.68 bits per heavy atom. The number of likely N-dealkylation sites (N-methyl/N-ethyl adjacent to an activating group) is 1. The number of ether oxygens (including phenoxy) is 1. The third-order valence-corrected chi connectivity index (χ3v) is 4.92. The van der Waals surface area contributed by atoms with E-state index in [1.165, 1.54) is 5.56 Å². The largest absolute Gasteiger partial charge is 0.484 e. The van der Waals surface area contributed by atoms with E-state index in [2.05, 4.69) is 19.2 Å². The number of nitrogens with zero attached hydrogens (tertiary/aromatic N) is 1. The van der Waals surface area contributed by atoms with E-state index in [9.17, 15) is 9.59 Å². The summed E-state index contributed by atoms with van der Waals surface area (Å²) in [5, 5.41) is 2.62. The van der Waals surface area contributed by atoms with Gasteiger partial charge in [0.25, 0.3) is 5.91 Å². The zero-order chi connectivity index (χ0) is 20.7. The predicted octanol–water partition coefficient (Wildman–Crippen LogP) is 3.66. The van der Waals surface area contributed by atoms with E-state index in [1.54, 1.807) is 18.9 Å². The zero-order valence-electron chi connectivity index (χ0n) is 17.4. The molecule has 0 aliphatic heterocycles. The monoisotopic (exact) mass is 382 g/mol. The molecule has 0 spiro atoms. The van der Waals surface area contributed by atoms with Crippen LogP contribution in [0.4, 0.5) is 0 Å². The van der Waals surface area contributed by atoms with Crippen LogP contribution in [0.3, 0.4) is 0 Å². The van der Waals surface area contributed by atoms with Crippen LogP contribution in [0.5, 0.6) is 5.75 Å². The first-order valence-corrected chi connectivity index (χ1v) is 9.61. The molecule has 28 heavy (non-hydrogen) atoms. The molecule has 5 heteroatoms. The third kappa shape index (κ3) is 5.59. The molecule has 2 rings (SSSR count). The lowest BCUT2D eigenvalue weighted by Crippen LogP contribution is -2.48. The molecule has 0 saturated carbocycles. The van der Waals surface area contributed by atoms with E-state index in [1.807, 2.05) is 55.5 Å². The molecule has 1 atom stereocenters. The Labute approximate surface area is 167 Å². The third-order valence-electron chi connectivity index (χ3n) is 4.92. The number of benzene rings is 2. The van der Waals surface area contributed by atoms with Crippen LogP contribution >= 0.6 is 0 Å². The summed E-state index contributed by atoms with van der Waals surface area (Å²) in [7, 11) is 1.57. The van der Waals surface area contributed by atoms with E-state index in [-0.39, 0.29) is 18.4 Å². The second-order valence-electron chi connectivity index (χ2n) is 7.25. The SMILES string of the molecule is CNC(=O)C(C)N(Cc1ccccc1C)C(=O)COc1ccc(C(C)C)cc1. The van der Waals surface area contributed by atoms with Crippen LogP contribution in [0.25, 0.3) is 0 Å². The van der Waals surface area contributed by atoms with Crippen molar-refractivity contribution in [2.75, 3.05) is 13.7 Å². The molecule has 0 bridgehead atoms. The summed E-state index contributed by atoms with van der Waals surface area (Å²) in [6.07, 6.45) is 0. The van der Waals surface area contributed by atoms with E-state index in [4.69, 9.17) is 4.74 Å². The molecule has 0 aromatic heterocycles. The Morgan fingerprint density at radius 3 is 2.25 bits per heavy atom. The summed E-state index contributed by atoms with van der Waals surface area (Å²) in [5.74, 6) is 0.644. The minimum Gasteiger partial charge on any atom is -0.484 e. The number of nitrogens with one attached hydrogen (secondary N) is 1. The number of carbonyl (C=O) groups is 2. The first kappa shape index (κ1) is 21.5. The molecule has 5 nitrogen and oxygen atoms in total. The summed E-state index contributed by atoms with van der Waals surface area (Å²) in [6.45, 7) is 8.22. The van der Waals surface area contributed by atoms with E-state index in [0.717, 1.165) is 11.1 Å². The normalized spacial score (nSPS) is 11.8. The fraction of sp³-hybridized carbons (Fsp3) is 0.391. The zero-order valence-corrected chi connectivity index (χ0v) is 17.4. The van der Waals surface area contributed by atoms with Crippen molar-refractivity contribution in [3.63, 3.8) is 0 Å². The molecule has 0 saturated heterocycles.